The van der Waals surface area contributed by atoms with Gasteiger partial charge in [0.05, 0.1) is 19.3 Å². The topological polar surface area (TPSA) is 155 Å². The summed E-state index contributed by atoms with van der Waals surface area (Å²) in [7, 11) is -4.43. The van der Waals surface area contributed by atoms with E-state index in [1.807, 2.05) is 12.2 Å². The SMILES string of the molecule is CC/C=C\C/C=C\C/C=C\C/C=C\C=C\C(O)CCCC(=O)OC[C@H](COP(=O)(O)OCCN)OC(=O)CCCCCCCCCCC/C=C\C/C=C\CCCCC. The zero-order valence-corrected chi connectivity index (χ0v) is 37.0. The van der Waals surface area contributed by atoms with E-state index in [2.05, 4.69) is 74.6 Å². The smallest absolute Gasteiger partial charge is 0.462 e. The molecular weight excluding hydrogens is 753 g/mol. The largest absolute Gasteiger partial charge is 0.472 e. The van der Waals surface area contributed by atoms with Gasteiger partial charge in [-0.25, -0.2) is 4.57 Å². The number of nitrogens with two attached hydrogens (primary N) is 1. The van der Waals surface area contributed by atoms with E-state index in [4.69, 9.17) is 24.3 Å². The first-order valence-electron chi connectivity index (χ1n) is 22.2. The predicted molar refractivity (Wildman–Crippen MR) is 239 cm³/mol. The number of aliphatic hydroxyl groups is 1. The number of aliphatic hydroxyl groups excluding tert-OH is 1. The van der Waals surface area contributed by atoms with Crippen molar-refractivity contribution in [1.29, 1.82) is 0 Å². The van der Waals surface area contributed by atoms with Crippen molar-refractivity contribution in [2.24, 2.45) is 5.73 Å². The summed E-state index contributed by atoms with van der Waals surface area (Å²) in [6, 6.07) is 0. The van der Waals surface area contributed by atoms with Gasteiger partial charge in [-0.3, -0.25) is 18.6 Å². The summed E-state index contributed by atoms with van der Waals surface area (Å²) >= 11 is 0. The van der Waals surface area contributed by atoms with Crippen molar-refractivity contribution in [3.63, 3.8) is 0 Å². The fourth-order valence-electron chi connectivity index (χ4n) is 5.57. The Bertz CT molecular complexity index is 1240. The minimum atomic E-state index is -4.43. The summed E-state index contributed by atoms with van der Waals surface area (Å²) in [5.41, 5.74) is 5.34. The minimum Gasteiger partial charge on any atom is -0.462 e. The number of carbonyl (C=O) groups excluding carboxylic acids is 2. The van der Waals surface area contributed by atoms with Crippen LogP contribution in [0, 0.1) is 0 Å². The molecule has 0 aliphatic rings. The monoisotopic (exact) mass is 834 g/mol. The number of hydrogen-bond donors (Lipinski definition) is 3. The number of ether oxygens (including phenoxy) is 2. The molecule has 0 amide bonds. The van der Waals surface area contributed by atoms with E-state index in [-0.39, 0.29) is 32.6 Å². The van der Waals surface area contributed by atoms with E-state index in [1.165, 1.54) is 57.8 Å². The molecule has 10 nitrogen and oxygen atoms in total. The van der Waals surface area contributed by atoms with Crippen LogP contribution in [-0.2, 0) is 32.7 Å². The molecule has 0 aliphatic heterocycles. The van der Waals surface area contributed by atoms with Gasteiger partial charge < -0.3 is 25.2 Å². The zero-order valence-electron chi connectivity index (χ0n) is 36.1. The quantitative estimate of drug-likeness (QED) is 0.0179. The number of unbranched alkanes of at least 4 members (excludes halogenated alkanes) is 12. The van der Waals surface area contributed by atoms with Gasteiger partial charge in [0.15, 0.2) is 6.10 Å². The third-order valence-electron chi connectivity index (χ3n) is 8.87. The highest BCUT2D eigenvalue weighted by Gasteiger charge is 2.26. The molecule has 0 aromatic carbocycles. The standard InChI is InChI=1S/C47H80NO9P/c1-3-5-7-9-11-13-15-17-18-19-20-21-22-24-26-28-30-32-34-38-47(51)57-45(43-56-58(52,53)55-41-40-48)42-54-46(50)39-35-37-44(49)36-33-31-29-27-25-23-16-14-12-10-8-6-4-2/h6,8,11-14,17-18,23,25,29,31,33,36,44-45,49H,3-5,7,9-10,15-16,19-22,24,26-28,30,32,34-35,37-43,48H2,1-2H3,(H,52,53)/b8-6-,13-11-,14-12-,18-17-,25-23-,31-29-,36-33+/t44?,45-/m1/s1. The van der Waals surface area contributed by atoms with Crippen molar-refractivity contribution in [2.75, 3.05) is 26.4 Å². The van der Waals surface area contributed by atoms with E-state index in [9.17, 15) is 24.2 Å². The third kappa shape index (κ3) is 41.3. The van der Waals surface area contributed by atoms with Crippen LogP contribution in [0.25, 0.3) is 0 Å². The van der Waals surface area contributed by atoms with Crippen molar-refractivity contribution in [3.05, 3.63) is 85.1 Å². The van der Waals surface area contributed by atoms with E-state index in [0.717, 1.165) is 57.8 Å². The van der Waals surface area contributed by atoms with Crippen molar-refractivity contribution >= 4 is 19.8 Å². The lowest BCUT2D eigenvalue weighted by atomic mass is 10.1. The Kier molecular flexibility index (Phi) is 40.2. The van der Waals surface area contributed by atoms with Gasteiger partial charge in [-0.2, -0.15) is 0 Å². The Balaban J connectivity index is 4.34. The van der Waals surface area contributed by atoms with Gasteiger partial charge in [-0.05, 0) is 77.0 Å². The maximum absolute atomic E-state index is 12.6. The summed E-state index contributed by atoms with van der Waals surface area (Å²) in [6.07, 6.45) is 49.3. The lowest BCUT2D eigenvalue weighted by molar-refractivity contribution is -0.161. The molecule has 0 radical (unpaired) electrons. The molecule has 332 valence electrons. The highest BCUT2D eigenvalue weighted by atomic mass is 31.2. The fraction of sp³-hybridized carbons (Fsp3) is 0.660. The van der Waals surface area contributed by atoms with Crippen molar-refractivity contribution in [3.8, 4) is 0 Å². The average Bonchev–Trinajstić information content (AvgIpc) is 3.20. The maximum Gasteiger partial charge on any atom is 0.472 e. The molecule has 0 aromatic heterocycles. The molecule has 0 spiro atoms. The fourth-order valence-corrected chi connectivity index (χ4v) is 6.34. The molecule has 0 rings (SSSR count). The molecule has 4 N–H and O–H groups in total. The van der Waals surface area contributed by atoms with Crippen LogP contribution in [0.15, 0.2) is 85.1 Å². The third-order valence-corrected chi connectivity index (χ3v) is 9.85. The number of rotatable bonds is 40. The first kappa shape index (κ1) is 55.2. The Morgan fingerprint density at radius 1 is 0.621 bits per heavy atom. The molecule has 3 atom stereocenters. The van der Waals surface area contributed by atoms with Gasteiger partial charge in [0.2, 0.25) is 0 Å². The normalized spacial score (nSPS) is 14.6. The first-order valence-corrected chi connectivity index (χ1v) is 23.7. The van der Waals surface area contributed by atoms with Crippen molar-refractivity contribution in [2.45, 2.75) is 174 Å². The molecule has 0 fully saturated rings. The molecular formula is C47H80NO9P. The summed E-state index contributed by atoms with van der Waals surface area (Å²) in [5.74, 6) is -1.04. The summed E-state index contributed by atoms with van der Waals surface area (Å²) < 4.78 is 32.7. The van der Waals surface area contributed by atoms with E-state index in [1.54, 1.807) is 12.2 Å². The second kappa shape index (κ2) is 42.3. The van der Waals surface area contributed by atoms with Gasteiger partial charge in [-0.15, -0.1) is 0 Å². The molecule has 0 aromatic rings. The highest BCUT2D eigenvalue weighted by Crippen LogP contribution is 2.43. The van der Waals surface area contributed by atoms with Crippen LogP contribution in [0.5, 0.6) is 0 Å². The number of hydrogen-bond acceptors (Lipinski definition) is 9. The van der Waals surface area contributed by atoms with Crippen LogP contribution < -0.4 is 5.73 Å². The molecule has 58 heavy (non-hydrogen) atoms. The maximum atomic E-state index is 12.6. The number of phosphoric acid groups is 1. The van der Waals surface area contributed by atoms with Gasteiger partial charge >= 0.3 is 19.8 Å². The van der Waals surface area contributed by atoms with Gasteiger partial charge in [0.1, 0.15) is 6.61 Å². The molecule has 0 saturated heterocycles. The van der Waals surface area contributed by atoms with Crippen molar-refractivity contribution < 1.29 is 42.7 Å². The van der Waals surface area contributed by atoms with E-state index < -0.39 is 38.6 Å². The van der Waals surface area contributed by atoms with Crippen LogP contribution in [0.3, 0.4) is 0 Å². The number of allylic oxidation sites excluding steroid dienone is 13. The van der Waals surface area contributed by atoms with Gasteiger partial charge in [0.25, 0.3) is 0 Å². The van der Waals surface area contributed by atoms with Gasteiger partial charge in [-0.1, -0.05) is 157 Å². The number of esters is 2. The van der Waals surface area contributed by atoms with Crippen LogP contribution in [-0.4, -0.2) is 60.5 Å². The summed E-state index contributed by atoms with van der Waals surface area (Å²) in [5, 5.41) is 10.2. The van der Waals surface area contributed by atoms with E-state index >= 15 is 0 Å². The first-order chi connectivity index (χ1) is 28.2. The lowest BCUT2D eigenvalue weighted by Crippen LogP contribution is -2.29. The van der Waals surface area contributed by atoms with Crippen LogP contribution >= 0.6 is 7.82 Å². The Hall–Kier alpha value is -2.85. The Morgan fingerprint density at radius 2 is 1.16 bits per heavy atom. The molecule has 2 unspecified atom stereocenters. The molecule has 0 heterocycles. The molecule has 0 saturated carbocycles. The average molecular weight is 834 g/mol. The number of carbonyl (C=O) groups is 2. The number of phosphoric ester groups is 1. The Morgan fingerprint density at radius 3 is 1.76 bits per heavy atom. The second-order valence-corrected chi connectivity index (χ2v) is 15.8. The van der Waals surface area contributed by atoms with Crippen LogP contribution in [0.2, 0.25) is 0 Å². The van der Waals surface area contributed by atoms with Crippen molar-refractivity contribution in [1.82, 2.24) is 0 Å². The lowest BCUT2D eigenvalue weighted by Gasteiger charge is -2.20. The zero-order chi connectivity index (χ0) is 42.6. The Labute approximate surface area is 352 Å². The van der Waals surface area contributed by atoms with Crippen LogP contribution in [0.4, 0.5) is 0 Å². The second-order valence-electron chi connectivity index (χ2n) is 14.4. The minimum absolute atomic E-state index is 0.0223. The summed E-state index contributed by atoms with van der Waals surface area (Å²) in [4.78, 5) is 34.9. The molecule has 0 aliphatic carbocycles. The summed E-state index contributed by atoms with van der Waals surface area (Å²) in [6.45, 7) is 3.35. The predicted octanol–water partition coefficient (Wildman–Crippen LogP) is 11.8. The molecule has 11 heteroatoms. The highest BCUT2D eigenvalue weighted by molar-refractivity contribution is 7.47. The van der Waals surface area contributed by atoms with E-state index in [0.29, 0.717) is 19.3 Å². The molecule has 0 bridgehead atoms. The van der Waals surface area contributed by atoms with Gasteiger partial charge in [0, 0.05) is 19.4 Å². The van der Waals surface area contributed by atoms with Crippen LogP contribution in [0.1, 0.15) is 162 Å².